The van der Waals surface area contributed by atoms with E-state index >= 15 is 0 Å². The normalized spacial score (nSPS) is 14.6. The van der Waals surface area contributed by atoms with Gasteiger partial charge in [0.1, 0.15) is 0 Å². The predicted molar refractivity (Wildman–Crippen MR) is 122 cm³/mol. The first-order valence-corrected chi connectivity index (χ1v) is 18.5. The molecule has 0 saturated heterocycles. The van der Waals surface area contributed by atoms with Crippen molar-refractivity contribution in [3.05, 3.63) is 0 Å². The second kappa shape index (κ2) is 9.87. The van der Waals surface area contributed by atoms with Crippen LogP contribution >= 0.6 is 11.1 Å². The van der Waals surface area contributed by atoms with Crippen LogP contribution in [0.4, 0.5) is 0 Å². The van der Waals surface area contributed by atoms with Crippen molar-refractivity contribution in [3.63, 3.8) is 0 Å². The molecule has 6 heteroatoms. The number of rotatable bonds is 11. The van der Waals surface area contributed by atoms with E-state index < -0.39 is 24.5 Å². The Kier molecular flexibility index (Phi) is 10.2. The van der Waals surface area contributed by atoms with E-state index in [1.165, 1.54) is 0 Å². The molecule has 0 atom stereocenters. The Balaban J connectivity index is 5.63. The lowest BCUT2D eigenvalue weighted by Gasteiger charge is -2.48. The zero-order chi connectivity index (χ0) is 20.2. The Morgan fingerprint density at radius 3 is 1.20 bits per heavy atom. The van der Waals surface area contributed by atoms with E-state index in [0.29, 0.717) is 28.5 Å². The molecule has 0 saturated carbocycles. The Hall–Kier alpha value is 0.861. The van der Waals surface area contributed by atoms with Gasteiger partial charge in [-0.1, -0.05) is 69.2 Å². The van der Waals surface area contributed by atoms with Crippen LogP contribution in [0.5, 0.6) is 0 Å². The summed E-state index contributed by atoms with van der Waals surface area (Å²) < 4.78 is 13.9. The minimum Gasteiger partial charge on any atom is -0.435 e. The third kappa shape index (κ3) is 7.78. The van der Waals surface area contributed by atoms with E-state index in [2.05, 4.69) is 82.3 Å². The zero-order valence-electron chi connectivity index (χ0n) is 19.0. The van der Waals surface area contributed by atoms with Gasteiger partial charge in [0.15, 0.2) is 8.32 Å². The number of hydrogen-bond donors (Lipinski definition) is 0. The maximum atomic E-state index is 7.17. The molecule has 0 aliphatic carbocycles. The van der Waals surface area contributed by atoms with Crippen molar-refractivity contribution in [1.29, 1.82) is 0 Å². The smallest absolute Gasteiger partial charge is 0.311 e. The van der Waals surface area contributed by atoms with Crippen LogP contribution < -0.4 is 0 Å². The molecular formula is C19H45ClO2Si3. The number of halogens is 1. The third-order valence-electron chi connectivity index (χ3n) is 4.98. The Morgan fingerprint density at radius 2 is 0.960 bits per heavy atom. The summed E-state index contributed by atoms with van der Waals surface area (Å²) in [4.78, 5) is 0. The molecule has 0 unspecified atom stereocenters. The maximum absolute atomic E-state index is 7.17. The highest BCUT2D eigenvalue weighted by Crippen LogP contribution is 2.45. The van der Waals surface area contributed by atoms with Crippen molar-refractivity contribution in [1.82, 2.24) is 0 Å². The molecule has 0 aliphatic heterocycles. The van der Waals surface area contributed by atoms with E-state index in [4.69, 9.17) is 19.3 Å². The average molecular weight is 425 g/mol. The van der Waals surface area contributed by atoms with Gasteiger partial charge in [0.05, 0.1) is 0 Å². The van der Waals surface area contributed by atoms with Crippen molar-refractivity contribution < 1.29 is 8.23 Å². The van der Waals surface area contributed by atoms with Gasteiger partial charge in [0.2, 0.25) is 0 Å². The van der Waals surface area contributed by atoms with Gasteiger partial charge in [0, 0.05) is 0 Å². The summed E-state index contributed by atoms with van der Waals surface area (Å²) in [5, 5.41) is 0. The third-order valence-corrected chi connectivity index (χ3v) is 21.7. The van der Waals surface area contributed by atoms with Gasteiger partial charge >= 0.3 is 8.56 Å². The van der Waals surface area contributed by atoms with Gasteiger partial charge in [-0.3, -0.25) is 0 Å². The van der Waals surface area contributed by atoms with Gasteiger partial charge in [-0.05, 0) is 53.6 Å². The summed E-state index contributed by atoms with van der Waals surface area (Å²) in [5.74, 6) is 1.13. The monoisotopic (exact) mass is 424 g/mol. The lowest BCUT2D eigenvalue weighted by Crippen LogP contribution is -2.58. The maximum Gasteiger partial charge on any atom is 0.311 e. The summed E-state index contributed by atoms with van der Waals surface area (Å²) >= 11 is 7.17. The van der Waals surface area contributed by atoms with Crippen molar-refractivity contribution in [2.75, 3.05) is 0 Å². The number of hydrogen-bond acceptors (Lipinski definition) is 2. The van der Waals surface area contributed by atoms with Crippen LogP contribution in [0.2, 0.25) is 41.8 Å². The summed E-state index contributed by atoms with van der Waals surface area (Å²) in [7, 11) is -6.53. The second-order valence-corrected chi connectivity index (χ2v) is 24.3. The predicted octanol–water partition coefficient (Wildman–Crippen LogP) is 7.89. The minimum atomic E-state index is -2.30. The first-order valence-electron chi connectivity index (χ1n) is 10.2. The van der Waals surface area contributed by atoms with E-state index in [0.717, 1.165) is 12.1 Å². The van der Waals surface area contributed by atoms with E-state index in [1.54, 1.807) is 0 Å². The molecule has 0 amide bonds. The molecule has 0 N–H and O–H groups in total. The Bertz CT molecular complexity index is 364. The standard InChI is InChI=1S/C19H45ClO2Si3/c1-15(2)13-24(20,14-16(3)4)21-23(11,12)22-25(17(5)6,18(7)8)19(9)10/h15-19H,13-14H2,1-12H3. The fourth-order valence-corrected chi connectivity index (χ4v) is 25.7. The highest BCUT2D eigenvalue weighted by atomic mass is 35.6. The van der Waals surface area contributed by atoms with Crippen LogP contribution in [0.1, 0.15) is 69.2 Å². The molecular weight excluding hydrogens is 380 g/mol. The SMILES string of the molecule is CC(C)C[Si](Cl)(CC(C)C)O[Si](C)(C)O[Si](C(C)C)(C(C)C)C(C)C. The van der Waals surface area contributed by atoms with E-state index in [1.807, 2.05) is 0 Å². The Morgan fingerprint density at radius 1 is 0.640 bits per heavy atom. The first-order chi connectivity index (χ1) is 11.1. The molecule has 0 aromatic rings. The molecule has 0 radical (unpaired) electrons. The van der Waals surface area contributed by atoms with Crippen LogP contribution in [0.3, 0.4) is 0 Å². The molecule has 152 valence electrons. The van der Waals surface area contributed by atoms with Crippen LogP contribution in [-0.2, 0) is 8.23 Å². The molecule has 0 aromatic heterocycles. The summed E-state index contributed by atoms with van der Waals surface area (Å²) in [6.45, 7) is 27.5. The van der Waals surface area contributed by atoms with Gasteiger partial charge in [-0.25, -0.2) is 0 Å². The van der Waals surface area contributed by atoms with Crippen LogP contribution in [0.25, 0.3) is 0 Å². The second-order valence-electron chi connectivity index (χ2n) is 10.0. The minimum absolute atomic E-state index is 0.565. The van der Waals surface area contributed by atoms with Gasteiger partial charge in [-0.15, -0.1) is 11.1 Å². The average Bonchev–Trinajstić information content (AvgIpc) is 2.30. The topological polar surface area (TPSA) is 18.5 Å². The largest absolute Gasteiger partial charge is 0.435 e. The van der Waals surface area contributed by atoms with Crippen LogP contribution in [-0.4, -0.2) is 24.5 Å². The molecule has 0 aliphatic rings. The fourth-order valence-electron chi connectivity index (χ4n) is 4.63. The van der Waals surface area contributed by atoms with Crippen molar-refractivity contribution in [3.8, 4) is 0 Å². The van der Waals surface area contributed by atoms with Crippen LogP contribution in [0, 0.1) is 11.8 Å². The van der Waals surface area contributed by atoms with Crippen molar-refractivity contribution in [2.45, 2.75) is 111 Å². The lowest BCUT2D eigenvalue weighted by atomic mass is 10.3. The van der Waals surface area contributed by atoms with E-state index in [9.17, 15) is 0 Å². The highest BCUT2D eigenvalue weighted by molar-refractivity contribution is 7.19. The van der Waals surface area contributed by atoms with Crippen LogP contribution in [0.15, 0.2) is 0 Å². The van der Waals surface area contributed by atoms with Crippen molar-refractivity contribution in [2.24, 2.45) is 11.8 Å². The summed E-state index contributed by atoms with van der Waals surface area (Å²) in [6.07, 6.45) is 0. The molecule has 0 spiro atoms. The molecule has 0 fully saturated rings. The summed E-state index contributed by atoms with van der Waals surface area (Å²) in [6, 6.07) is 2.01. The quantitative estimate of drug-likeness (QED) is 0.248. The molecule has 0 bridgehead atoms. The molecule has 0 aromatic carbocycles. The fraction of sp³-hybridized carbons (Fsp3) is 1.00. The lowest BCUT2D eigenvalue weighted by molar-refractivity contribution is 0.361. The molecule has 25 heavy (non-hydrogen) atoms. The van der Waals surface area contributed by atoms with Gasteiger partial charge < -0.3 is 8.23 Å². The summed E-state index contributed by atoms with van der Waals surface area (Å²) in [5.41, 5.74) is 1.72. The highest BCUT2D eigenvalue weighted by Gasteiger charge is 2.51. The molecule has 0 rings (SSSR count). The molecule has 0 heterocycles. The Labute approximate surface area is 166 Å². The molecule has 2 nitrogen and oxygen atoms in total. The van der Waals surface area contributed by atoms with Gasteiger partial charge in [0.25, 0.3) is 7.63 Å². The van der Waals surface area contributed by atoms with Gasteiger partial charge in [-0.2, -0.15) is 0 Å². The zero-order valence-corrected chi connectivity index (χ0v) is 22.8. The van der Waals surface area contributed by atoms with E-state index in [-0.39, 0.29) is 0 Å². The van der Waals surface area contributed by atoms with Crippen molar-refractivity contribution >= 4 is 35.6 Å². The first kappa shape index (κ1) is 25.9.